The zero-order valence-corrected chi connectivity index (χ0v) is 23.5. The Bertz CT molecular complexity index is 1530. The number of carbonyl (C=O) groups is 2. The fourth-order valence-electron chi connectivity index (χ4n) is 3.77. The largest absolute Gasteiger partial charge is 0.493 e. The van der Waals surface area contributed by atoms with Gasteiger partial charge in [0, 0.05) is 28.4 Å². The number of hydrogen-bond donors (Lipinski definition) is 1. The highest BCUT2D eigenvalue weighted by Gasteiger charge is 2.17. The summed E-state index contributed by atoms with van der Waals surface area (Å²) >= 11 is 7.16. The number of methoxy groups -OCH3 is 2. The zero-order valence-electron chi connectivity index (χ0n) is 22.0. The number of anilines is 1. The lowest BCUT2D eigenvalue weighted by Crippen LogP contribution is -2.14. The van der Waals surface area contributed by atoms with Crippen molar-refractivity contribution < 1.29 is 19.1 Å². The number of nitrogens with zero attached hydrogens (tertiary/aromatic N) is 3. The Kier molecular flexibility index (Phi) is 9.77. The molecule has 3 aromatic carbocycles. The van der Waals surface area contributed by atoms with Crippen molar-refractivity contribution in [2.24, 2.45) is 0 Å². The van der Waals surface area contributed by atoms with Crippen LogP contribution in [0.2, 0.25) is 5.02 Å². The van der Waals surface area contributed by atoms with Gasteiger partial charge < -0.3 is 14.8 Å². The second-order valence-electron chi connectivity index (χ2n) is 8.44. The topological polar surface area (TPSA) is 95.3 Å². The molecule has 204 valence electrons. The molecule has 0 radical (unpaired) electrons. The van der Waals surface area contributed by atoms with Crippen LogP contribution < -0.4 is 14.8 Å². The van der Waals surface area contributed by atoms with Crippen LogP contribution in [0.15, 0.2) is 90.6 Å². The molecule has 1 N–H and O–H groups in total. The van der Waals surface area contributed by atoms with Crippen LogP contribution in [0.4, 0.5) is 5.69 Å². The molecule has 1 aromatic heterocycles. The molecule has 0 aliphatic carbocycles. The van der Waals surface area contributed by atoms with Gasteiger partial charge in [0.15, 0.2) is 28.3 Å². The van der Waals surface area contributed by atoms with Crippen molar-refractivity contribution in [1.29, 1.82) is 0 Å². The van der Waals surface area contributed by atoms with E-state index in [-0.39, 0.29) is 17.4 Å². The number of rotatable bonds is 12. The molecule has 0 fully saturated rings. The van der Waals surface area contributed by atoms with Crippen molar-refractivity contribution in [1.82, 2.24) is 14.8 Å². The summed E-state index contributed by atoms with van der Waals surface area (Å²) in [4.78, 5) is 25.2. The van der Waals surface area contributed by atoms with Gasteiger partial charge in [-0.15, -0.1) is 16.8 Å². The first-order valence-electron chi connectivity index (χ1n) is 12.2. The quantitative estimate of drug-likeness (QED) is 0.0901. The number of ether oxygens (including phenoxy) is 2. The lowest BCUT2D eigenvalue weighted by atomic mass is 10.1. The molecular weight excluding hydrogens is 548 g/mol. The van der Waals surface area contributed by atoms with E-state index in [9.17, 15) is 9.59 Å². The number of thioether (sulfide) groups is 1. The lowest BCUT2D eigenvalue weighted by Gasteiger charge is -2.11. The molecule has 0 saturated carbocycles. The first-order chi connectivity index (χ1) is 19.4. The lowest BCUT2D eigenvalue weighted by molar-refractivity contribution is -0.113. The van der Waals surface area contributed by atoms with E-state index in [1.165, 1.54) is 17.8 Å². The van der Waals surface area contributed by atoms with Gasteiger partial charge in [0.2, 0.25) is 5.91 Å². The number of hydrogen-bond acceptors (Lipinski definition) is 7. The summed E-state index contributed by atoms with van der Waals surface area (Å²) in [6.07, 6.45) is 4.97. The van der Waals surface area contributed by atoms with E-state index in [1.54, 1.807) is 68.8 Å². The summed E-state index contributed by atoms with van der Waals surface area (Å²) in [5.41, 5.74) is 2.76. The van der Waals surface area contributed by atoms with Crippen molar-refractivity contribution >= 4 is 46.8 Å². The van der Waals surface area contributed by atoms with Crippen LogP contribution in [0.25, 0.3) is 17.5 Å². The Balaban J connectivity index is 1.37. The predicted molar refractivity (Wildman–Crippen MR) is 159 cm³/mol. The molecule has 0 aliphatic heterocycles. The van der Waals surface area contributed by atoms with Gasteiger partial charge in [-0.05, 0) is 66.2 Å². The molecule has 0 aliphatic rings. The normalized spacial score (nSPS) is 10.9. The van der Waals surface area contributed by atoms with Gasteiger partial charge in [-0.2, -0.15) is 0 Å². The number of carbonyl (C=O) groups excluding carboxylic acids is 2. The molecule has 0 bridgehead atoms. The van der Waals surface area contributed by atoms with Gasteiger partial charge in [-0.1, -0.05) is 47.6 Å². The summed E-state index contributed by atoms with van der Waals surface area (Å²) in [5, 5.41) is 12.7. The number of aromatic nitrogens is 3. The average Bonchev–Trinajstić information content (AvgIpc) is 3.38. The van der Waals surface area contributed by atoms with E-state index in [0.717, 1.165) is 11.1 Å². The first kappa shape index (κ1) is 28.7. The van der Waals surface area contributed by atoms with Crippen LogP contribution in [-0.4, -0.2) is 46.4 Å². The van der Waals surface area contributed by atoms with Crippen molar-refractivity contribution in [2.45, 2.75) is 11.7 Å². The second kappa shape index (κ2) is 13.6. The maximum atomic E-state index is 12.7. The van der Waals surface area contributed by atoms with Gasteiger partial charge in [-0.25, -0.2) is 0 Å². The Morgan fingerprint density at radius 2 is 1.73 bits per heavy atom. The summed E-state index contributed by atoms with van der Waals surface area (Å²) < 4.78 is 12.6. The average molecular weight is 575 g/mol. The van der Waals surface area contributed by atoms with E-state index in [0.29, 0.717) is 45.3 Å². The summed E-state index contributed by atoms with van der Waals surface area (Å²) in [6, 6.07) is 19.4. The molecule has 4 rings (SSSR count). The van der Waals surface area contributed by atoms with Crippen molar-refractivity contribution in [3.05, 3.63) is 102 Å². The standard InChI is InChI=1S/C30H27ClN4O4S/c1-4-17-35-29(22-10-16-26(38-2)27(18-22)39-3)33-34-30(35)40-19-28(37)32-24-13-8-21(9-14-24)25(36)15-7-20-5-11-23(31)12-6-20/h4-16,18H,1,17,19H2,2-3H3,(H,32,37)/b15-7+. The zero-order chi connectivity index (χ0) is 28.5. The Morgan fingerprint density at radius 3 is 2.40 bits per heavy atom. The van der Waals surface area contributed by atoms with Crippen LogP contribution in [0.1, 0.15) is 15.9 Å². The van der Waals surface area contributed by atoms with Gasteiger partial charge >= 0.3 is 0 Å². The molecule has 0 unspecified atom stereocenters. The van der Waals surface area contributed by atoms with Crippen LogP contribution in [0.5, 0.6) is 11.5 Å². The third kappa shape index (κ3) is 7.19. The van der Waals surface area contributed by atoms with Crippen LogP contribution in [0.3, 0.4) is 0 Å². The number of ketones is 1. The highest BCUT2D eigenvalue weighted by molar-refractivity contribution is 7.99. The molecule has 0 atom stereocenters. The summed E-state index contributed by atoms with van der Waals surface area (Å²) in [6.45, 7) is 4.29. The summed E-state index contributed by atoms with van der Waals surface area (Å²) in [5.74, 6) is 1.56. The molecule has 40 heavy (non-hydrogen) atoms. The smallest absolute Gasteiger partial charge is 0.234 e. The van der Waals surface area contributed by atoms with Gasteiger partial charge in [0.05, 0.1) is 20.0 Å². The molecular formula is C30H27ClN4O4S. The molecule has 0 saturated heterocycles. The fourth-order valence-corrected chi connectivity index (χ4v) is 4.64. The molecule has 0 spiro atoms. The van der Waals surface area contributed by atoms with Crippen molar-refractivity contribution in [2.75, 3.05) is 25.3 Å². The van der Waals surface area contributed by atoms with E-state index < -0.39 is 0 Å². The number of nitrogens with one attached hydrogen (secondary N) is 1. The minimum absolute atomic E-state index is 0.117. The first-order valence-corrected chi connectivity index (χ1v) is 13.6. The summed E-state index contributed by atoms with van der Waals surface area (Å²) in [7, 11) is 3.15. The van der Waals surface area contributed by atoms with Crippen molar-refractivity contribution in [3.63, 3.8) is 0 Å². The van der Waals surface area contributed by atoms with E-state index >= 15 is 0 Å². The monoisotopic (exact) mass is 574 g/mol. The Labute approximate surface area is 241 Å². The van der Waals surface area contributed by atoms with Crippen molar-refractivity contribution in [3.8, 4) is 22.9 Å². The van der Waals surface area contributed by atoms with Crippen LogP contribution >= 0.6 is 23.4 Å². The third-order valence-corrected chi connectivity index (χ3v) is 6.97. The second-order valence-corrected chi connectivity index (χ2v) is 9.82. The molecule has 8 nitrogen and oxygen atoms in total. The molecule has 1 heterocycles. The highest BCUT2D eigenvalue weighted by Crippen LogP contribution is 2.33. The maximum absolute atomic E-state index is 12.7. The highest BCUT2D eigenvalue weighted by atomic mass is 35.5. The minimum atomic E-state index is -0.215. The number of benzene rings is 3. The van der Waals surface area contributed by atoms with Gasteiger partial charge in [-0.3, -0.25) is 14.2 Å². The van der Waals surface area contributed by atoms with Crippen LogP contribution in [-0.2, 0) is 11.3 Å². The van der Waals surface area contributed by atoms with E-state index in [2.05, 4.69) is 22.1 Å². The molecule has 10 heteroatoms. The van der Waals surface area contributed by atoms with Gasteiger partial charge in [0.25, 0.3) is 0 Å². The molecule has 4 aromatic rings. The fraction of sp³-hybridized carbons (Fsp3) is 0.133. The Hall–Kier alpha value is -4.34. The van der Waals surface area contributed by atoms with E-state index in [1.807, 2.05) is 28.8 Å². The number of halogens is 1. The van der Waals surface area contributed by atoms with Gasteiger partial charge in [0.1, 0.15) is 0 Å². The Morgan fingerprint density at radius 1 is 1.00 bits per heavy atom. The maximum Gasteiger partial charge on any atom is 0.234 e. The minimum Gasteiger partial charge on any atom is -0.493 e. The van der Waals surface area contributed by atoms with E-state index in [4.69, 9.17) is 21.1 Å². The number of allylic oxidation sites excluding steroid dienone is 2. The van der Waals surface area contributed by atoms with Crippen LogP contribution in [0, 0.1) is 0 Å². The third-order valence-electron chi connectivity index (χ3n) is 5.75. The SMILES string of the molecule is C=CCn1c(SCC(=O)Nc2ccc(C(=O)/C=C/c3ccc(Cl)cc3)cc2)nnc1-c1ccc(OC)c(OC)c1. The number of amides is 1. The molecule has 1 amide bonds. The predicted octanol–water partition coefficient (Wildman–Crippen LogP) is 6.43.